The van der Waals surface area contributed by atoms with Gasteiger partial charge in [0, 0.05) is 24.3 Å². The minimum absolute atomic E-state index is 0.232. The summed E-state index contributed by atoms with van der Waals surface area (Å²) in [5, 5.41) is 12.0. The Bertz CT molecular complexity index is 784. The van der Waals surface area contributed by atoms with Gasteiger partial charge in [-0.2, -0.15) is 0 Å². The van der Waals surface area contributed by atoms with Gasteiger partial charge in [0.05, 0.1) is 11.6 Å². The lowest BCUT2D eigenvalue weighted by Crippen LogP contribution is -2.39. The Labute approximate surface area is 133 Å². The largest absolute Gasteiger partial charge is 0.264 e. The van der Waals surface area contributed by atoms with Crippen LogP contribution < -0.4 is 0 Å². The van der Waals surface area contributed by atoms with E-state index in [-0.39, 0.29) is 4.92 Å². The van der Waals surface area contributed by atoms with E-state index < -0.39 is 11.5 Å². The van der Waals surface area contributed by atoms with Crippen molar-refractivity contribution in [1.82, 2.24) is 0 Å². The number of aliphatic imine (C=N–C) groups is 1. The second-order valence-corrected chi connectivity index (χ2v) is 6.25. The fraction of sp³-hybridized carbons (Fsp3) is 0.235. The predicted octanol–water partition coefficient (Wildman–Crippen LogP) is 4.50. The van der Waals surface area contributed by atoms with E-state index >= 15 is 0 Å². The first-order valence-electron chi connectivity index (χ1n) is 7.00. The maximum Gasteiger partial charge on any atom is 0.227 e. The van der Waals surface area contributed by atoms with Crippen molar-refractivity contribution in [1.29, 1.82) is 0 Å². The highest BCUT2D eigenvalue weighted by Gasteiger charge is 2.45. The van der Waals surface area contributed by atoms with Crippen molar-refractivity contribution in [3.63, 3.8) is 0 Å². The molecule has 1 aliphatic heterocycles. The summed E-state index contributed by atoms with van der Waals surface area (Å²) in [6, 6.07) is 15.0. The van der Waals surface area contributed by atoms with Crippen LogP contribution in [-0.4, -0.2) is 15.6 Å². The molecule has 1 heterocycles. The lowest BCUT2D eigenvalue weighted by molar-refractivity contribution is -0.563. The van der Waals surface area contributed by atoms with Gasteiger partial charge >= 0.3 is 0 Å². The number of benzene rings is 2. The molecule has 0 saturated heterocycles. The molecule has 3 rings (SSSR count). The summed E-state index contributed by atoms with van der Waals surface area (Å²) in [6.07, 6.45) is 0. The number of halogens is 1. The molecule has 2 aromatic rings. The molecule has 0 aliphatic carbocycles. The molecule has 1 atom stereocenters. The normalized spacial score (nSPS) is 17.0. The summed E-state index contributed by atoms with van der Waals surface area (Å²) < 4.78 is 0. The molecule has 112 valence electrons. The molecule has 1 aliphatic rings. The van der Waals surface area contributed by atoms with Gasteiger partial charge < -0.3 is 0 Å². The monoisotopic (exact) mass is 314 g/mol. The second-order valence-electron chi connectivity index (χ2n) is 5.89. The molecule has 5 heteroatoms. The molecule has 0 saturated carbocycles. The third-order valence-corrected chi connectivity index (χ3v) is 4.43. The van der Waals surface area contributed by atoms with Crippen LogP contribution in [0.15, 0.2) is 53.5 Å². The van der Waals surface area contributed by atoms with Gasteiger partial charge in [-0.15, -0.1) is 0 Å². The minimum Gasteiger partial charge on any atom is -0.264 e. The highest BCUT2D eigenvalue weighted by Crippen LogP contribution is 2.44. The molecule has 1 unspecified atom stereocenters. The summed E-state index contributed by atoms with van der Waals surface area (Å²) in [4.78, 5) is 15.9. The van der Waals surface area contributed by atoms with Crippen LogP contribution in [0.2, 0.25) is 0 Å². The Morgan fingerprint density at radius 3 is 2.36 bits per heavy atom. The molecule has 0 N–H and O–H groups in total. The third-order valence-electron chi connectivity index (χ3n) is 4.14. The molecule has 0 bridgehead atoms. The fourth-order valence-electron chi connectivity index (χ4n) is 2.97. The van der Waals surface area contributed by atoms with Crippen molar-refractivity contribution >= 4 is 22.5 Å². The Morgan fingerprint density at radius 1 is 1.09 bits per heavy atom. The van der Waals surface area contributed by atoms with Crippen LogP contribution in [0.3, 0.4) is 0 Å². The van der Waals surface area contributed by atoms with Crippen LogP contribution in [0.4, 0.5) is 5.69 Å². The number of fused-ring (bicyclic) bond motifs is 2. The zero-order valence-corrected chi connectivity index (χ0v) is 13.0. The van der Waals surface area contributed by atoms with Gasteiger partial charge in [-0.05, 0) is 17.2 Å². The van der Waals surface area contributed by atoms with E-state index in [4.69, 9.17) is 11.6 Å². The van der Waals surface area contributed by atoms with Crippen molar-refractivity contribution in [3.05, 3.63) is 75.3 Å². The topological polar surface area (TPSA) is 55.5 Å². The molecule has 0 amide bonds. The van der Waals surface area contributed by atoms with Gasteiger partial charge in [0.1, 0.15) is 5.17 Å². The highest BCUT2D eigenvalue weighted by atomic mass is 35.5. The van der Waals surface area contributed by atoms with Crippen molar-refractivity contribution < 1.29 is 4.92 Å². The van der Waals surface area contributed by atoms with Crippen LogP contribution in [-0.2, 0) is 0 Å². The Balaban J connectivity index is 2.36. The Hall–Kier alpha value is -2.20. The van der Waals surface area contributed by atoms with Gasteiger partial charge in [-0.25, -0.2) is 4.99 Å². The van der Waals surface area contributed by atoms with E-state index in [9.17, 15) is 10.1 Å². The Kier molecular flexibility index (Phi) is 3.49. The molecule has 0 fully saturated rings. The standard InChI is InChI=1S/C17H15ClN2O2/c1-17(2,20(21)22)15-11-7-3-4-8-12(11)16(18)19-14-10-6-5-9-13(14)15/h3-10,15H,1-2H3. The molecule has 22 heavy (non-hydrogen) atoms. The number of hydrogen-bond acceptors (Lipinski definition) is 3. The number of nitrogens with zero attached hydrogens (tertiary/aromatic N) is 2. The number of nitro groups is 1. The second kappa shape index (κ2) is 5.21. The molecule has 0 radical (unpaired) electrons. The maximum atomic E-state index is 11.7. The lowest BCUT2D eigenvalue weighted by Gasteiger charge is -2.28. The van der Waals surface area contributed by atoms with Crippen LogP contribution in [0.1, 0.15) is 36.5 Å². The van der Waals surface area contributed by atoms with Crippen LogP contribution in [0.25, 0.3) is 0 Å². The van der Waals surface area contributed by atoms with E-state index in [0.717, 1.165) is 16.7 Å². The van der Waals surface area contributed by atoms with Gasteiger partial charge in [-0.3, -0.25) is 10.1 Å². The van der Waals surface area contributed by atoms with Gasteiger partial charge in [0.25, 0.3) is 0 Å². The smallest absolute Gasteiger partial charge is 0.227 e. The minimum atomic E-state index is -1.18. The van der Waals surface area contributed by atoms with Crippen molar-refractivity contribution in [2.45, 2.75) is 25.3 Å². The summed E-state index contributed by atoms with van der Waals surface area (Å²) in [5.74, 6) is -0.421. The van der Waals surface area contributed by atoms with E-state index in [2.05, 4.69) is 4.99 Å². The summed E-state index contributed by atoms with van der Waals surface area (Å²) >= 11 is 6.35. The molecule has 0 spiro atoms. The summed E-state index contributed by atoms with van der Waals surface area (Å²) in [5.41, 5.74) is 1.92. The molecule has 0 aromatic heterocycles. The maximum absolute atomic E-state index is 11.7. The average Bonchev–Trinajstić information content (AvgIpc) is 2.61. The van der Waals surface area contributed by atoms with Gasteiger partial charge in [0.2, 0.25) is 5.54 Å². The zero-order chi connectivity index (χ0) is 15.9. The van der Waals surface area contributed by atoms with Crippen molar-refractivity contribution in [3.8, 4) is 0 Å². The predicted molar refractivity (Wildman–Crippen MR) is 87.9 cm³/mol. The first-order valence-corrected chi connectivity index (χ1v) is 7.37. The number of rotatable bonds is 2. The zero-order valence-electron chi connectivity index (χ0n) is 12.3. The van der Waals surface area contributed by atoms with E-state index in [1.807, 2.05) is 48.5 Å². The van der Waals surface area contributed by atoms with Crippen LogP contribution >= 0.6 is 11.6 Å². The molecular formula is C17H15ClN2O2. The lowest BCUT2D eigenvalue weighted by atomic mass is 9.76. The third kappa shape index (κ3) is 2.20. The van der Waals surface area contributed by atoms with E-state index in [1.54, 1.807) is 13.8 Å². The van der Waals surface area contributed by atoms with Crippen molar-refractivity contribution in [2.75, 3.05) is 0 Å². The first kappa shape index (κ1) is 14.7. The van der Waals surface area contributed by atoms with Crippen LogP contribution in [0, 0.1) is 10.1 Å². The van der Waals surface area contributed by atoms with Gasteiger partial charge in [0.15, 0.2) is 0 Å². The number of para-hydroxylation sites is 1. The van der Waals surface area contributed by atoms with E-state index in [0.29, 0.717) is 10.9 Å². The fourth-order valence-corrected chi connectivity index (χ4v) is 3.23. The highest BCUT2D eigenvalue weighted by molar-refractivity contribution is 6.70. The first-order chi connectivity index (χ1) is 10.4. The SMILES string of the molecule is CC(C)(C1c2ccccc2N=C(Cl)c2ccccc21)[N+](=O)[O-]. The summed E-state index contributed by atoms with van der Waals surface area (Å²) in [7, 11) is 0. The Morgan fingerprint density at radius 2 is 1.68 bits per heavy atom. The molecular weight excluding hydrogens is 300 g/mol. The van der Waals surface area contributed by atoms with Crippen LogP contribution in [0.5, 0.6) is 0 Å². The number of hydrogen-bond donors (Lipinski definition) is 0. The summed E-state index contributed by atoms with van der Waals surface area (Å²) in [6.45, 7) is 3.29. The van der Waals surface area contributed by atoms with E-state index in [1.165, 1.54) is 0 Å². The average molecular weight is 315 g/mol. The quantitative estimate of drug-likeness (QED) is 0.605. The van der Waals surface area contributed by atoms with Gasteiger partial charge in [-0.1, -0.05) is 54.1 Å². The van der Waals surface area contributed by atoms with Crippen molar-refractivity contribution in [2.24, 2.45) is 4.99 Å². The molecule has 2 aromatic carbocycles. The molecule has 4 nitrogen and oxygen atoms in total.